The van der Waals surface area contributed by atoms with Crippen LogP contribution in [-0.4, -0.2) is 167 Å². The Labute approximate surface area is 457 Å². The van der Waals surface area contributed by atoms with Gasteiger partial charge in [0.15, 0.2) is 22.7 Å². The van der Waals surface area contributed by atoms with E-state index in [1.165, 1.54) is 43.2 Å². The van der Waals surface area contributed by atoms with E-state index in [4.69, 9.17) is 20.9 Å². The lowest BCUT2D eigenvalue weighted by molar-refractivity contribution is -0.156. The first-order valence-electron chi connectivity index (χ1n) is 25.0. The van der Waals surface area contributed by atoms with E-state index >= 15 is 0 Å². The van der Waals surface area contributed by atoms with Crippen LogP contribution >= 0.6 is 21.6 Å². The van der Waals surface area contributed by atoms with Gasteiger partial charge in [-0.15, -0.1) is 0 Å². The largest absolute Gasteiger partial charge is 0.481 e. The van der Waals surface area contributed by atoms with Crippen LogP contribution in [-0.2, 0) is 59.2 Å². The van der Waals surface area contributed by atoms with Gasteiger partial charge in [-0.3, -0.25) is 48.1 Å². The molecule has 422 valence electrons. The number of H-pyrrole nitrogens is 1. The number of ether oxygens (including phenoxy) is 2. The van der Waals surface area contributed by atoms with Crippen molar-refractivity contribution in [2.24, 2.45) is 17.6 Å². The number of Topliss-reactive ketones (excluding diaryl/α,β-unsaturated/α-hetero) is 4. The number of allylic oxidation sites excluding steroid dienone is 2. The number of amides is 2. The van der Waals surface area contributed by atoms with Crippen LogP contribution in [0, 0.1) is 11.8 Å². The molecule has 2 amide bonds. The van der Waals surface area contributed by atoms with Crippen LogP contribution in [0.25, 0.3) is 11.2 Å². The molecule has 12 N–H and O–H groups in total. The number of fused-ring (bicyclic) bond motifs is 5. The highest BCUT2D eigenvalue weighted by Gasteiger charge is 2.72. The molecule has 0 radical (unpaired) electrons. The van der Waals surface area contributed by atoms with Crippen molar-refractivity contribution in [3.05, 3.63) is 74.5 Å². The second-order valence-electron chi connectivity index (χ2n) is 19.3. The number of carbonyl (C=O) groups excluding carboxylic acids is 7. The van der Waals surface area contributed by atoms with Crippen molar-refractivity contribution in [3.8, 4) is 0 Å². The van der Waals surface area contributed by atoms with E-state index in [-0.39, 0.29) is 109 Å². The summed E-state index contributed by atoms with van der Waals surface area (Å²) in [6.45, 7) is 3.28. The van der Waals surface area contributed by atoms with Crippen LogP contribution in [0.15, 0.2) is 57.7 Å². The minimum Gasteiger partial charge on any atom is -0.481 e. The Bertz CT molecular complexity index is 3100. The lowest BCUT2D eigenvalue weighted by Gasteiger charge is -2.39. The number of benzene rings is 1. The summed E-state index contributed by atoms with van der Waals surface area (Å²) in [7, 11) is 3.83. The van der Waals surface area contributed by atoms with Gasteiger partial charge < -0.3 is 62.4 Å². The molecule has 2 saturated heterocycles. The van der Waals surface area contributed by atoms with Crippen LogP contribution in [0.5, 0.6) is 0 Å². The molecule has 0 spiro atoms. The summed E-state index contributed by atoms with van der Waals surface area (Å²) in [5, 5.41) is 40.4. The number of nitrogens with zero attached hydrogens (tertiary/aromatic N) is 4. The number of aromatic amines is 1. The molecule has 79 heavy (non-hydrogen) atoms. The summed E-state index contributed by atoms with van der Waals surface area (Å²) in [4.78, 5) is 157. The van der Waals surface area contributed by atoms with Crippen molar-refractivity contribution in [2.75, 3.05) is 42.8 Å². The third kappa shape index (κ3) is 13.6. The number of nitrogens with two attached hydrogens (primary N) is 2. The molecular weight excluding hydrogens is 1070 g/mol. The number of piperazine rings is 1. The average molecular weight is 1130 g/mol. The van der Waals surface area contributed by atoms with Crippen LogP contribution in [0.1, 0.15) is 81.3 Å². The number of esters is 1. The van der Waals surface area contributed by atoms with Gasteiger partial charge in [0, 0.05) is 85.4 Å². The predicted molar refractivity (Wildman–Crippen MR) is 283 cm³/mol. The van der Waals surface area contributed by atoms with Gasteiger partial charge in [-0.25, -0.2) is 19.6 Å². The number of methoxy groups -OCH3 is 1. The van der Waals surface area contributed by atoms with E-state index in [9.17, 15) is 68.1 Å². The summed E-state index contributed by atoms with van der Waals surface area (Å²) in [5.41, 5.74) is 12.2. The van der Waals surface area contributed by atoms with Gasteiger partial charge in [0.25, 0.3) is 11.5 Å². The number of anilines is 2. The fourth-order valence-corrected chi connectivity index (χ4v) is 12.1. The van der Waals surface area contributed by atoms with Crippen molar-refractivity contribution in [1.29, 1.82) is 0 Å². The Morgan fingerprint density at radius 2 is 1.65 bits per heavy atom. The molecule has 4 aliphatic rings. The number of hydrogen-bond acceptors (Lipinski definition) is 23. The number of carboxylic acid groups (broad SMARTS) is 3. The van der Waals surface area contributed by atoms with Gasteiger partial charge >= 0.3 is 23.9 Å². The van der Waals surface area contributed by atoms with Crippen molar-refractivity contribution >= 4 is 103 Å². The van der Waals surface area contributed by atoms with E-state index in [1.807, 2.05) is 4.90 Å². The Balaban J connectivity index is 0.822. The standard InChI is InChI=1S/C50H59N11O16S2/c1-22-29(41(68)37-30(20-77-23(2)62)50(76-3)42-33(56-42)19-61(50)39(37)40(22)67)5-4-14-78-79-21-34(48(74)75)58-45(70)25(16-36(65)66)15-35(64)31(51)12-10-28(63)11-13-32(47(72)73)57-44(69)24-6-8-26(9-7-24)53-17-27-18-54-43-38(55-27)46(71)60-49(52)59-43/h6-9,18,25,30-34,42,53,56H,4-5,10-17,19-21,51H2,1-3H3,(H,57,69)(H,58,70)(H,65,66)(H,72,73)(H,74,75)(H3,52,54,59,60,71)/t25-,30+,31-,32+,33-,34-,42-,50+/m0/s1. The minimum absolute atomic E-state index is 0.000317. The highest BCUT2D eigenvalue weighted by atomic mass is 33.1. The molecule has 27 nitrogen and oxygen atoms in total. The number of nitrogens with one attached hydrogen (secondary N) is 5. The molecule has 0 saturated carbocycles. The molecular formula is C50H59N11O16S2. The Kier molecular flexibility index (Phi) is 19.0. The molecule has 3 aromatic rings. The quantitative estimate of drug-likeness (QED) is 0.0140. The van der Waals surface area contributed by atoms with Gasteiger partial charge in [-0.05, 0) is 56.9 Å². The molecule has 1 aromatic carbocycles. The van der Waals surface area contributed by atoms with Crippen LogP contribution in [0.3, 0.4) is 0 Å². The number of nitrogen functional groups attached to an aromatic ring is 1. The van der Waals surface area contributed by atoms with E-state index in [0.717, 1.165) is 10.8 Å². The van der Waals surface area contributed by atoms with E-state index in [1.54, 1.807) is 19.1 Å². The summed E-state index contributed by atoms with van der Waals surface area (Å²) in [6, 6.07) is 1.56. The van der Waals surface area contributed by atoms with Crippen LogP contribution < -0.4 is 38.3 Å². The van der Waals surface area contributed by atoms with Crippen molar-refractivity contribution < 1.29 is 72.7 Å². The SMILES string of the molecule is CO[C@@]12[C@H](COC(C)=O)C3=C(C(=O)C(C)=C(CCCSSC[C@H](NC(=O)[C@H](CC(=O)O)CC(=O)[C@@H](N)CCC(=O)CC[C@@H](NC(=O)c4ccc(NCc5cnc6nc(N)[nH]c(=O)c6n5)cc4)C(=O)O)C(=O)O)C3=O)N1C[C@@H]1N[C@@H]12. The number of rotatable bonds is 30. The highest BCUT2D eigenvalue weighted by molar-refractivity contribution is 8.76. The number of carboxylic acids is 3. The zero-order chi connectivity index (χ0) is 57.5. The maximum absolute atomic E-state index is 14.1. The van der Waals surface area contributed by atoms with Crippen molar-refractivity contribution in [1.82, 2.24) is 40.8 Å². The molecule has 3 aliphatic heterocycles. The fourth-order valence-electron chi connectivity index (χ4n) is 9.88. The predicted octanol–water partition coefficient (Wildman–Crippen LogP) is 0.242. The summed E-state index contributed by atoms with van der Waals surface area (Å²) < 4.78 is 11.4. The highest BCUT2D eigenvalue weighted by Crippen LogP contribution is 2.56. The number of aromatic nitrogens is 4. The Morgan fingerprint density at radius 3 is 2.32 bits per heavy atom. The second kappa shape index (κ2) is 25.5. The first-order chi connectivity index (χ1) is 37.5. The molecule has 2 fully saturated rings. The van der Waals surface area contributed by atoms with E-state index < -0.39 is 101 Å². The Hall–Kier alpha value is -7.60. The smallest absolute Gasteiger partial charge is 0.327 e. The van der Waals surface area contributed by atoms with Gasteiger partial charge in [0.1, 0.15) is 30.3 Å². The van der Waals surface area contributed by atoms with Gasteiger partial charge in [0.2, 0.25) is 17.6 Å². The first kappa shape index (κ1) is 59.1. The second-order valence-corrected chi connectivity index (χ2v) is 21.9. The summed E-state index contributed by atoms with van der Waals surface area (Å²) in [5.74, 6) is -10.6. The lowest BCUT2D eigenvalue weighted by atomic mass is 9.79. The van der Waals surface area contributed by atoms with Crippen LogP contribution in [0.2, 0.25) is 0 Å². The van der Waals surface area contributed by atoms with Gasteiger partial charge in [-0.2, -0.15) is 4.98 Å². The monoisotopic (exact) mass is 1130 g/mol. The first-order valence-corrected chi connectivity index (χ1v) is 27.5. The zero-order valence-corrected chi connectivity index (χ0v) is 44.7. The molecule has 8 atom stereocenters. The van der Waals surface area contributed by atoms with Crippen LogP contribution in [0.4, 0.5) is 11.6 Å². The third-order valence-corrected chi connectivity index (χ3v) is 16.5. The number of carbonyl (C=O) groups is 10. The summed E-state index contributed by atoms with van der Waals surface area (Å²) >= 11 is 0. The van der Waals surface area contributed by atoms with Crippen molar-refractivity contribution in [3.63, 3.8) is 0 Å². The number of aliphatic carboxylic acids is 3. The number of hydrogen-bond donors (Lipinski definition) is 10. The van der Waals surface area contributed by atoms with Gasteiger partial charge in [-0.1, -0.05) is 21.6 Å². The third-order valence-electron chi connectivity index (χ3n) is 14.0. The van der Waals surface area contributed by atoms with Crippen molar-refractivity contribution in [2.45, 2.75) is 108 Å². The maximum atomic E-state index is 14.1. The summed E-state index contributed by atoms with van der Waals surface area (Å²) in [6.07, 6.45) is -0.675. The molecule has 2 aromatic heterocycles. The fraction of sp³-hybridized carbons (Fsp3) is 0.480. The minimum atomic E-state index is -1.52. The molecule has 0 bridgehead atoms. The molecule has 5 heterocycles. The topological polar surface area (TPSA) is 435 Å². The lowest BCUT2D eigenvalue weighted by Crippen LogP contribution is -2.55. The maximum Gasteiger partial charge on any atom is 0.327 e. The number of ketones is 4. The molecule has 0 unspecified atom stereocenters. The normalized spacial score (nSPS) is 20.6. The van der Waals surface area contributed by atoms with E-state index in [2.05, 4.69) is 41.2 Å². The molecule has 29 heteroatoms. The zero-order valence-electron chi connectivity index (χ0n) is 43.0. The average Bonchev–Trinajstić information content (AvgIpc) is 3.78. The van der Waals surface area contributed by atoms with Gasteiger partial charge in [0.05, 0.1) is 54.5 Å². The Morgan fingerprint density at radius 1 is 0.937 bits per heavy atom. The molecule has 1 aliphatic carbocycles. The molecule has 7 rings (SSSR count). The van der Waals surface area contributed by atoms with E-state index in [0.29, 0.717) is 41.2 Å².